The molecule has 0 unspecified atom stereocenters. The van der Waals surface area contributed by atoms with E-state index >= 15 is 0 Å². The van der Waals surface area contributed by atoms with Crippen molar-refractivity contribution >= 4 is 11.9 Å². The van der Waals surface area contributed by atoms with Crippen molar-refractivity contribution in [2.45, 2.75) is 19.5 Å². The SMILES string of the molecule is CC1(C)N=C(N)NC(=N)N1N. The number of nitrogens with one attached hydrogen (secondary N) is 2. The van der Waals surface area contributed by atoms with Crippen molar-refractivity contribution < 1.29 is 0 Å². The molecule has 0 amide bonds. The molecule has 6 nitrogen and oxygen atoms in total. The van der Waals surface area contributed by atoms with Crippen molar-refractivity contribution in [3.8, 4) is 0 Å². The van der Waals surface area contributed by atoms with Crippen molar-refractivity contribution in [3.05, 3.63) is 0 Å². The van der Waals surface area contributed by atoms with Crippen molar-refractivity contribution in [1.82, 2.24) is 10.3 Å². The van der Waals surface area contributed by atoms with Crippen LogP contribution in [0.5, 0.6) is 0 Å². The highest BCUT2D eigenvalue weighted by molar-refractivity contribution is 5.98. The fourth-order valence-corrected chi connectivity index (χ4v) is 0.832. The van der Waals surface area contributed by atoms with Crippen molar-refractivity contribution in [3.63, 3.8) is 0 Å². The highest BCUT2D eigenvalue weighted by Crippen LogP contribution is 2.13. The molecule has 1 aliphatic rings. The number of hydrogen-bond acceptors (Lipinski definition) is 4. The van der Waals surface area contributed by atoms with Gasteiger partial charge in [-0.1, -0.05) is 0 Å². The van der Waals surface area contributed by atoms with Crippen LogP contribution in [0.25, 0.3) is 0 Å². The number of nitrogens with zero attached hydrogens (tertiary/aromatic N) is 2. The third kappa shape index (κ3) is 1.25. The van der Waals surface area contributed by atoms with Crippen LogP contribution in [0.15, 0.2) is 4.99 Å². The Morgan fingerprint density at radius 1 is 1.64 bits per heavy atom. The van der Waals surface area contributed by atoms with Gasteiger partial charge < -0.3 is 5.73 Å². The van der Waals surface area contributed by atoms with E-state index in [1.165, 1.54) is 5.01 Å². The fourth-order valence-electron chi connectivity index (χ4n) is 0.832. The van der Waals surface area contributed by atoms with E-state index in [4.69, 9.17) is 17.0 Å². The second-order valence-electron chi connectivity index (χ2n) is 2.84. The van der Waals surface area contributed by atoms with E-state index in [0.29, 0.717) is 0 Å². The van der Waals surface area contributed by atoms with E-state index in [2.05, 4.69) is 10.3 Å². The van der Waals surface area contributed by atoms with Crippen LogP contribution in [-0.4, -0.2) is 22.6 Å². The molecule has 1 heterocycles. The maximum atomic E-state index is 7.31. The van der Waals surface area contributed by atoms with Crippen LogP contribution >= 0.6 is 0 Å². The molecule has 1 rings (SSSR count). The minimum atomic E-state index is -0.633. The summed E-state index contributed by atoms with van der Waals surface area (Å²) in [6.45, 7) is 3.55. The lowest BCUT2D eigenvalue weighted by atomic mass is 10.2. The van der Waals surface area contributed by atoms with Gasteiger partial charge in [0.15, 0.2) is 5.96 Å². The minimum Gasteiger partial charge on any atom is -0.370 e. The van der Waals surface area contributed by atoms with Gasteiger partial charge in [0.2, 0.25) is 5.96 Å². The predicted molar refractivity (Wildman–Crippen MR) is 42.6 cm³/mol. The Hall–Kier alpha value is -1.30. The van der Waals surface area contributed by atoms with Gasteiger partial charge in [0, 0.05) is 0 Å². The zero-order valence-electron chi connectivity index (χ0n) is 6.55. The standard InChI is InChI=1S/C5H12N6/c1-5(2)10-3(6)9-4(7)11(5)8/h8H2,1-2H3,(H4,6,7,9,10). The molecule has 0 aromatic rings. The van der Waals surface area contributed by atoms with Gasteiger partial charge in [-0.25, -0.2) is 10.8 Å². The molecule has 0 saturated heterocycles. The maximum Gasteiger partial charge on any atom is 0.214 e. The number of guanidine groups is 2. The summed E-state index contributed by atoms with van der Waals surface area (Å²) in [4.78, 5) is 3.99. The molecule has 0 aliphatic carbocycles. The highest BCUT2D eigenvalue weighted by Gasteiger charge is 2.30. The summed E-state index contributed by atoms with van der Waals surface area (Å²) in [5.41, 5.74) is 4.75. The Kier molecular flexibility index (Phi) is 1.48. The Balaban J connectivity index is 2.97. The quantitative estimate of drug-likeness (QED) is 0.329. The Morgan fingerprint density at radius 3 is 2.64 bits per heavy atom. The smallest absolute Gasteiger partial charge is 0.214 e. The summed E-state index contributed by atoms with van der Waals surface area (Å²) >= 11 is 0. The largest absolute Gasteiger partial charge is 0.370 e. The number of hydrogen-bond donors (Lipinski definition) is 4. The van der Waals surface area contributed by atoms with E-state index in [1.807, 2.05) is 0 Å². The zero-order valence-corrected chi connectivity index (χ0v) is 6.55. The molecule has 0 radical (unpaired) electrons. The molecule has 0 aromatic heterocycles. The van der Waals surface area contributed by atoms with Gasteiger partial charge in [0.25, 0.3) is 0 Å². The normalized spacial score (nSPS) is 22.6. The second kappa shape index (κ2) is 2.09. The number of rotatable bonds is 0. The number of aliphatic imine (C=N–C) groups is 1. The van der Waals surface area contributed by atoms with E-state index in [0.717, 1.165) is 0 Å². The van der Waals surface area contributed by atoms with E-state index in [9.17, 15) is 0 Å². The summed E-state index contributed by atoms with van der Waals surface area (Å²) in [6.07, 6.45) is 0. The monoisotopic (exact) mass is 156 g/mol. The van der Waals surface area contributed by atoms with Gasteiger partial charge in [0.05, 0.1) is 0 Å². The van der Waals surface area contributed by atoms with Crippen LogP contribution in [0, 0.1) is 5.41 Å². The Bertz CT molecular complexity index is 217. The topological polar surface area (TPSA) is 104 Å². The lowest BCUT2D eigenvalue weighted by Crippen LogP contribution is -2.62. The molecule has 6 heteroatoms. The summed E-state index contributed by atoms with van der Waals surface area (Å²) in [6, 6.07) is 0. The van der Waals surface area contributed by atoms with Gasteiger partial charge >= 0.3 is 0 Å². The third-order valence-electron chi connectivity index (χ3n) is 1.47. The number of hydrazine groups is 1. The first-order valence-corrected chi connectivity index (χ1v) is 3.19. The molecule has 62 valence electrons. The minimum absolute atomic E-state index is 0.0579. The molecule has 0 bridgehead atoms. The molecule has 0 fully saturated rings. The molecule has 1 aliphatic heterocycles. The molecule has 11 heavy (non-hydrogen) atoms. The second-order valence-corrected chi connectivity index (χ2v) is 2.84. The first-order chi connectivity index (χ1) is 4.93. The van der Waals surface area contributed by atoms with Crippen molar-refractivity contribution in [1.29, 1.82) is 5.41 Å². The van der Waals surface area contributed by atoms with Gasteiger partial charge in [0.1, 0.15) is 5.66 Å². The van der Waals surface area contributed by atoms with Crippen LogP contribution in [0.2, 0.25) is 0 Å². The average molecular weight is 156 g/mol. The first-order valence-electron chi connectivity index (χ1n) is 3.19. The lowest BCUT2D eigenvalue weighted by molar-refractivity contribution is 0.215. The molecular formula is C5H12N6. The van der Waals surface area contributed by atoms with Crippen LogP contribution < -0.4 is 16.9 Å². The van der Waals surface area contributed by atoms with Gasteiger partial charge in [-0.2, -0.15) is 0 Å². The van der Waals surface area contributed by atoms with Crippen molar-refractivity contribution in [2.75, 3.05) is 0 Å². The van der Waals surface area contributed by atoms with Gasteiger partial charge in [-0.05, 0) is 13.8 Å². The Labute approximate surface area is 64.7 Å². The molecule has 0 aromatic carbocycles. The molecule has 6 N–H and O–H groups in total. The summed E-state index contributed by atoms with van der Waals surface area (Å²) < 4.78 is 0. The first kappa shape index (κ1) is 7.80. The summed E-state index contributed by atoms with van der Waals surface area (Å²) in [7, 11) is 0. The zero-order chi connectivity index (χ0) is 8.65. The maximum absolute atomic E-state index is 7.31. The molecule has 0 atom stereocenters. The van der Waals surface area contributed by atoms with E-state index in [1.54, 1.807) is 13.8 Å². The van der Waals surface area contributed by atoms with Crippen molar-refractivity contribution in [2.24, 2.45) is 16.6 Å². The van der Waals surface area contributed by atoms with Crippen LogP contribution in [-0.2, 0) is 0 Å². The predicted octanol–water partition coefficient (Wildman–Crippen LogP) is -1.25. The molecule has 0 saturated carbocycles. The number of nitrogens with two attached hydrogens (primary N) is 2. The highest BCUT2D eigenvalue weighted by atomic mass is 15.6. The Morgan fingerprint density at radius 2 is 2.18 bits per heavy atom. The van der Waals surface area contributed by atoms with E-state index < -0.39 is 5.66 Å². The van der Waals surface area contributed by atoms with Gasteiger partial charge in [-0.3, -0.25) is 15.7 Å². The third-order valence-corrected chi connectivity index (χ3v) is 1.47. The molecular weight excluding hydrogens is 144 g/mol. The van der Waals surface area contributed by atoms with Crippen LogP contribution in [0.1, 0.15) is 13.8 Å². The lowest BCUT2D eigenvalue weighted by Gasteiger charge is -2.36. The van der Waals surface area contributed by atoms with Crippen LogP contribution in [0.4, 0.5) is 0 Å². The van der Waals surface area contributed by atoms with E-state index in [-0.39, 0.29) is 11.9 Å². The summed E-state index contributed by atoms with van der Waals surface area (Å²) in [5.74, 6) is 5.78. The van der Waals surface area contributed by atoms with Crippen LogP contribution in [0.3, 0.4) is 0 Å². The summed E-state index contributed by atoms with van der Waals surface area (Å²) in [5, 5.41) is 11.0. The average Bonchev–Trinajstić information content (AvgIpc) is 1.81. The van der Waals surface area contributed by atoms with Gasteiger partial charge in [-0.15, -0.1) is 0 Å². The molecule has 0 spiro atoms. The fraction of sp³-hybridized carbons (Fsp3) is 0.600.